The van der Waals surface area contributed by atoms with Gasteiger partial charge in [0, 0.05) is 28.3 Å². The van der Waals surface area contributed by atoms with Crippen LogP contribution in [0.3, 0.4) is 0 Å². The van der Waals surface area contributed by atoms with Gasteiger partial charge in [-0.15, -0.1) is 0 Å². The monoisotopic (exact) mass is 379 g/mol. The highest BCUT2D eigenvalue weighted by atomic mass is 35.5. The first-order valence-electron chi connectivity index (χ1n) is 8.08. The van der Waals surface area contributed by atoms with E-state index in [0.29, 0.717) is 22.3 Å². The summed E-state index contributed by atoms with van der Waals surface area (Å²) < 4.78 is 0. The minimum atomic E-state index is -0.357. The fourth-order valence-electron chi connectivity index (χ4n) is 2.53. The van der Waals surface area contributed by atoms with E-state index >= 15 is 0 Å². The fourth-order valence-corrected chi connectivity index (χ4v) is 3.06. The van der Waals surface area contributed by atoms with E-state index in [1.807, 2.05) is 39.2 Å². The van der Waals surface area contributed by atoms with Crippen molar-refractivity contribution in [3.8, 4) is 0 Å². The van der Waals surface area contributed by atoms with Crippen LogP contribution in [0.4, 0.5) is 5.69 Å². The molecule has 0 unspecified atom stereocenters. The number of hydrogen-bond donors (Lipinski definition) is 2. The van der Waals surface area contributed by atoms with Gasteiger partial charge in [-0.05, 0) is 44.8 Å². The van der Waals surface area contributed by atoms with Gasteiger partial charge in [0.25, 0.3) is 0 Å². The SMILES string of the molecule is C[C@H](NC[C@@H](c1ccccc1)N(C)C)C(=O)Nc1cc(Cl)cc(Cl)c1. The summed E-state index contributed by atoms with van der Waals surface area (Å²) >= 11 is 11.9. The number of benzene rings is 2. The summed E-state index contributed by atoms with van der Waals surface area (Å²) in [6.07, 6.45) is 0. The van der Waals surface area contributed by atoms with Crippen LogP contribution in [-0.4, -0.2) is 37.5 Å². The number of likely N-dealkylation sites (N-methyl/N-ethyl adjacent to an activating group) is 1. The number of nitrogens with zero attached hydrogens (tertiary/aromatic N) is 1. The molecule has 1 amide bonds. The van der Waals surface area contributed by atoms with Crippen molar-refractivity contribution >= 4 is 34.8 Å². The molecule has 0 radical (unpaired) electrons. The third-order valence-corrected chi connectivity index (χ3v) is 4.38. The Morgan fingerprint density at radius 1 is 1.08 bits per heavy atom. The molecule has 4 nitrogen and oxygen atoms in total. The Bertz CT molecular complexity index is 687. The van der Waals surface area contributed by atoms with E-state index in [2.05, 4.69) is 27.7 Å². The van der Waals surface area contributed by atoms with Gasteiger partial charge in [-0.2, -0.15) is 0 Å². The van der Waals surface area contributed by atoms with E-state index in [1.54, 1.807) is 18.2 Å². The average Bonchev–Trinajstić information content (AvgIpc) is 2.54. The van der Waals surface area contributed by atoms with Crippen molar-refractivity contribution in [2.45, 2.75) is 19.0 Å². The summed E-state index contributed by atoms with van der Waals surface area (Å²) in [6.45, 7) is 2.49. The second-order valence-electron chi connectivity index (χ2n) is 6.17. The molecule has 0 heterocycles. The summed E-state index contributed by atoms with van der Waals surface area (Å²) in [5.41, 5.74) is 1.79. The lowest BCUT2D eigenvalue weighted by Gasteiger charge is -2.26. The van der Waals surface area contributed by atoms with Crippen LogP contribution in [0.25, 0.3) is 0 Å². The van der Waals surface area contributed by atoms with Crippen molar-refractivity contribution in [1.29, 1.82) is 0 Å². The molecule has 2 rings (SSSR count). The summed E-state index contributed by atoms with van der Waals surface area (Å²) in [4.78, 5) is 14.5. The van der Waals surface area contributed by atoms with Crippen molar-refractivity contribution in [2.24, 2.45) is 0 Å². The average molecular weight is 380 g/mol. The lowest BCUT2D eigenvalue weighted by Crippen LogP contribution is -2.42. The molecule has 6 heteroatoms. The first kappa shape index (κ1) is 19.7. The molecule has 2 atom stereocenters. The largest absolute Gasteiger partial charge is 0.325 e. The van der Waals surface area contributed by atoms with Gasteiger partial charge in [-0.1, -0.05) is 53.5 Å². The zero-order valence-electron chi connectivity index (χ0n) is 14.6. The van der Waals surface area contributed by atoms with Crippen molar-refractivity contribution in [3.05, 3.63) is 64.1 Å². The minimum Gasteiger partial charge on any atom is -0.325 e. The molecule has 25 heavy (non-hydrogen) atoms. The molecule has 0 aromatic heterocycles. The molecule has 134 valence electrons. The Hall–Kier alpha value is -1.59. The highest BCUT2D eigenvalue weighted by molar-refractivity contribution is 6.35. The van der Waals surface area contributed by atoms with Crippen LogP contribution < -0.4 is 10.6 Å². The molecule has 0 saturated heterocycles. The van der Waals surface area contributed by atoms with Gasteiger partial charge in [-0.3, -0.25) is 4.79 Å². The Balaban J connectivity index is 1.95. The molecule has 2 aromatic rings. The topological polar surface area (TPSA) is 44.4 Å². The molecule has 0 saturated carbocycles. The highest BCUT2D eigenvalue weighted by Gasteiger charge is 2.18. The first-order valence-corrected chi connectivity index (χ1v) is 8.84. The standard InChI is InChI=1S/C19H23Cl2N3O/c1-13(19(25)23-17-10-15(20)9-16(21)11-17)22-12-18(24(2)3)14-7-5-4-6-8-14/h4-11,13,18,22H,12H2,1-3H3,(H,23,25)/t13-,18-/m0/s1. The van der Waals surface area contributed by atoms with Gasteiger partial charge < -0.3 is 15.5 Å². The normalized spacial score (nSPS) is 13.5. The van der Waals surface area contributed by atoms with Crippen molar-refractivity contribution in [3.63, 3.8) is 0 Å². The molecule has 2 N–H and O–H groups in total. The fraction of sp³-hybridized carbons (Fsp3) is 0.316. The van der Waals surface area contributed by atoms with Gasteiger partial charge in [-0.25, -0.2) is 0 Å². The summed E-state index contributed by atoms with van der Waals surface area (Å²) in [5.74, 6) is -0.135. The quantitative estimate of drug-likeness (QED) is 0.756. The van der Waals surface area contributed by atoms with E-state index in [1.165, 1.54) is 5.56 Å². The van der Waals surface area contributed by atoms with Crippen LogP contribution in [-0.2, 0) is 4.79 Å². The highest BCUT2D eigenvalue weighted by Crippen LogP contribution is 2.22. The van der Waals surface area contributed by atoms with E-state index in [9.17, 15) is 4.79 Å². The van der Waals surface area contributed by atoms with E-state index in [-0.39, 0.29) is 18.0 Å². The van der Waals surface area contributed by atoms with E-state index in [4.69, 9.17) is 23.2 Å². The Labute approximate surface area is 159 Å². The maximum atomic E-state index is 12.4. The second-order valence-corrected chi connectivity index (χ2v) is 7.04. The molecule has 0 aliphatic carbocycles. The van der Waals surface area contributed by atoms with E-state index < -0.39 is 0 Å². The smallest absolute Gasteiger partial charge is 0.241 e. The van der Waals surface area contributed by atoms with Gasteiger partial charge in [0.15, 0.2) is 0 Å². The van der Waals surface area contributed by atoms with Crippen LogP contribution in [0.2, 0.25) is 10.0 Å². The number of hydrogen-bond acceptors (Lipinski definition) is 3. The number of rotatable bonds is 7. The summed E-state index contributed by atoms with van der Waals surface area (Å²) in [7, 11) is 4.05. The maximum Gasteiger partial charge on any atom is 0.241 e. The van der Waals surface area contributed by atoms with Crippen LogP contribution in [0.5, 0.6) is 0 Å². The molecule has 0 aliphatic rings. The van der Waals surface area contributed by atoms with Crippen LogP contribution in [0.15, 0.2) is 48.5 Å². The van der Waals surface area contributed by atoms with Crippen molar-refractivity contribution < 1.29 is 4.79 Å². The van der Waals surface area contributed by atoms with Crippen LogP contribution in [0.1, 0.15) is 18.5 Å². The molecule has 0 spiro atoms. The number of carbonyl (C=O) groups excluding carboxylic acids is 1. The number of anilines is 1. The predicted molar refractivity (Wildman–Crippen MR) is 105 cm³/mol. The Kier molecular flexibility index (Phi) is 7.26. The van der Waals surface area contributed by atoms with Crippen LogP contribution >= 0.6 is 23.2 Å². The Morgan fingerprint density at radius 2 is 1.68 bits per heavy atom. The second kappa shape index (κ2) is 9.20. The number of amides is 1. The van der Waals surface area contributed by atoms with Crippen LogP contribution in [0, 0.1) is 0 Å². The zero-order valence-corrected chi connectivity index (χ0v) is 16.1. The number of nitrogens with one attached hydrogen (secondary N) is 2. The van der Waals surface area contributed by atoms with Gasteiger partial charge in [0.05, 0.1) is 6.04 Å². The summed E-state index contributed by atoms with van der Waals surface area (Å²) in [6, 6.07) is 15.0. The molecule has 0 fully saturated rings. The first-order chi connectivity index (χ1) is 11.9. The van der Waals surface area contributed by atoms with E-state index in [0.717, 1.165) is 0 Å². The summed E-state index contributed by atoms with van der Waals surface area (Å²) in [5, 5.41) is 7.10. The molecular formula is C19H23Cl2N3O. The molecule has 2 aromatic carbocycles. The third kappa shape index (κ3) is 6.01. The van der Waals surface area contributed by atoms with Gasteiger partial charge >= 0.3 is 0 Å². The maximum absolute atomic E-state index is 12.4. The van der Waals surface area contributed by atoms with Crippen molar-refractivity contribution in [2.75, 3.05) is 26.0 Å². The van der Waals surface area contributed by atoms with Crippen molar-refractivity contribution in [1.82, 2.24) is 10.2 Å². The third-order valence-electron chi connectivity index (χ3n) is 3.95. The van der Waals surface area contributed by atoms with Gasteiger partial charge in [0.1, 0.15) is 0 Å². The lowest BCUT2D eigenvalue weighted by atomic mass is 10.1. The minimum absolute atomic E-state index is 0.135. The van der Waals surface area contributed by atoms with Gasteiger partial charge in [0.2, 0.25) is 5.91 Å². The Morgan fingerprint density at radius 3 is 2.24 bits per heavy atom. The molecule has 0 bridgehead atoms. The lowest BCUT2D eigenvalue weighted by molar-refractivity contribution is -0.117. The zero-order chi connectivity index (χ0) is 18.4. The molecular weight excluding hydrogens is 357 g/mol. The number of carbonyl (C=O) groups is 1. The number of halogens is 2. The molecule has 0 aliphatic heterocycles. The predicted octanol–water partition coefficient (Wildman–Crippen LogP) is 4.21.